The molecule has 1 saturated heterocycles. The van der Waals surface area contributed by atoms with Gasteiger partial charge in [0.15, 0.2) is 5.96 Å². The third-order valence-corrected chi connectivity index (χ3v) is 4.47. The van der Waals surface area contributed by atoms with Gasteiger partial charge in [0.1, 0.15) is 0 Å². The third kappa shape index (κ3) is 5.19. The van der Waals surface area contributed by atoms with E-state index in [-0.39, 0.29) is 6.04 Å². The van der Waals surface area contributed by atoms with E-state index in [1.54, 1.807) is 0 Å². The first-order chi connectivity index (χ1) is 12.2. The number of para-hydroxylation sites is 1. The van der Waals surface area contributed by atoms with Gasteiger partial charge in [0.2, 0.25) is 0 Å². The lowest BCUT2D eigenvalue weighted by Gasteiger charge is -2.34. The van der Waals surface area contributed by atoms with Crippen molar-refractivity contribution in [1.82, 2.24) is 4.90 Å². The average Bonchev–Trinajstić information content (AvgIpc) is 2.65. The van der Waals surface area contributed by atoms with E-state index in [2.05, 4.69) is 27.3 Å². The van der Waals surface area contributed by atoms with Crippen molar-refractivity contribution in [3.8, 4) is 0 Å². The average molecular weight is 359 g/mol. The predicted octanol–water partition coefficient (Wildman–Crippen LogP) is 3.14. The molecule has 0 amide bonds. The number of rotatable bonds is 5. The molecule has 3 N–H and O–H groups in total. The smallest absolute Gasteiger partial charge is 0.193 e. The standard InChI is InChI=1S/C19H23ClN4O/c20-16-8-6-15(7-9-16)18(24-10-12-25-13-11-24)14-22-19(21)23-17-4-2-1-3-5-17/h1-9,18H,10-14H2,(H3,21,22,23). The fraction of sp³-hybridized carbons (Fsp3) is 0.316. The Kier molecular flexibility index (Phi) is 6.28. The van der Waals surface area contributed by atoms with E-state index in [1.165, 1.54) is 5.56 Å². The minimum Gasteiger partial charge on any atom is -0.379 e. The minimum absolute atomic E-state index is 0.150. The number of benzene rings is 2. The maximum absolute atomic E-state index is 6.06. The van der Waals surface area contributed by atoms with Crippen LogP contribution in [0.5, 0.6) is 0 Å². The lowest BCUT2D eigenvalue weighted by atomic mass is 10.0. The molecule has 6 heteroatoms. The zero-order valence-corrected chi connectivity index (χ0v) is 14.8. The highest BCUT2D eigenvalue weighted by molar-refractivity contribution is 6.30. The van der Waals surface area contributed by atoms with Crippen molar-refractivity contribution in [2.75, 3.05) is 38.2 Å². The van der Waals surface area contributed by atoms with E-state index >= 15 is 0 Å². The van der Waals surface area contributed by atoms with Crippen LogP contribution < -0.4 is 11.1 Å². The van der Waals surface area contributed by atoms with Crippen LogP contribution in [-0.2, 0) is 4.74 Å². The quantitative estimate of drug-likeness (QED) is 0.636. The molecule has 2 aromatic rings. The van der Waals surface area contributed by atoms with Gasteiger partial charge in [-0.1, -0.05) is 41.9 Å². The molecular weight excluding hydrogens is 336 g/mol. The second kappa shape index (κ2) is 8.85. The molecule has 1 unspecified atom stereocenters. The molecule has 2 aromatic carbocycles. The maximum Gasteiger partial charge on any atom is 0.193 e. The van der Waals surface area contributed by atoms with Crippen LogP contribution in [0.3, 0.4) is 0 Å². The molecule has 5 nitrogen and oxygen atoms in total. The first-order valence-electron chi connectivity index (χ1n) is 8.41. The lowest BCUT2D eigenvalue weighted by molar-refractivity contribution is 0.0180. The summed E-state index contributed by atoms with van der Waals surface area (Å²) in [5.41, 5.74) is 8.17. The molecule has 1 heterocycles. The summed E-state index contributed by atoms with van der Waals surface area (Å²) in [6, 6.07) is 17.9. The van der Waals surface area contributed by atoms with E-state index in [9.17, 15) is 0 Å². The highest BCUT2D eigenvalue weighted by Crippen LogP contribution is 2.24. The molecule has 132 valence electrons. The molecule has 0 spiro atoms. The molecule has 0 saturated carbocycles. The van der Waals surface area contributed by atoms with Crippen molar-refractivity contribution >= 4 is 23.2 Å². The molecule has 25 heavy (non-hydrogen) atoms. The summed E-state index contributed by atoms with van der Waals surface area (Å²) in [5.74, 6) is 0.415. The molecule has 1 fully saturated rings. The fourth-order valence-corrected chi connectivity index (χ4v) is 3.03. The van der Waals surface area contributed by atoms with Crippen LogP contribution in [0, 0.1) is 0 Å². The van der Waals surface area contributed by atoms with Crippen molar-refractivity contribution in [2.45, 2.75) is 6.04 Å². The van der Waals surface area contributed by atoms with Crippen LogP contribution >= 0.6 is 11.6 Å². The van der Waals surface area contributed by atoms with Gasteiger partial charge in [0.05, 0.1) is 25.8 Å². The van der Waals surface area contributed by atoms with Crippen molar-refractivity contribution < 1.29 is 4.74 Å². The zero-order valence-electron chi connectivity index (χ0n) is 14.1. The molecule has 0 bridgehead atoms. The Bertz CT molecular complexity index is 684. The second-order valence-corrected chi connectivity index (χ2v) is 6.37. The van der Waals surface area contributed by atoms with Crippen molar-refractivity contribution in [2.24, 2.45) is 10.7 Å². The molecule has 0 aliphatic carbocycles. The van der Waals surface area contributed by atoms with E-state index in [4.69, 9.17) is 22.1 Å². The lowest BCUT2D eigenvalue weighted by Crippen LogP contribution is -2.40. The number of nitrogens with two attached hydrogens (primary N) is 1. The fourth-order valence-electron chi connectivity index (χ4n) is 2.90. The molecule has 0 aromatic heterocycles. The number of aliphatic imine (C=N–C) groups is 1. The summed E-state index contributed by atoms with van der Waals surface area (Å²) in [6.45, 7) is 3.83. The highest BCUT2D eigenvalue weighted by Gasteiger charge is 2.22. The predicted molar refractivity (Wildman–Crippen MR) is 103 cm³/mol. The number of ether oxygens (including phenoxy) is 1. The zero-order chi connectivity index (χ0) is 17.5. The van der Waals surface area contributed by atoms with Crippen molar-refractivity contribution in [3.63, 3.8) is 0 Å². The summed E-state index contributed by atoms with van der Waals surface area (Å²) in [7, 11) is 0. The Labute approximate surface area is 153 Å². The Morgan fingerprint density at radius 1 is 1.12 bits per heavy atom. The van der Waals surface area contributed by atoms with Gasteiger partial charge in [0.25, 0.3) is 0 Å². The SMILES string of the molecule is NC(=NCC(c1ccc(Cl)cc1)N1CCOCC1)Nc1ccccc1. The first kappa shape index (κ1) is 17.7. The number of hydrogen-bond acceptors (Lipinski definition) is 3. The van der Waals surface area contributed by atoms with E-state index in [0.717, 1.165) is 37.0 Å². The third-order valence-electron chi connectivity index (χ3n) is 4.22. The number of nitrogens with zero attached hydrogens (tertiary/aromatic N) is 2. The number of halogens is 1. The number of anilines is 1. The van der Waals surface area contributed by atoms with Crippen LogP contribution in [0.2, 0.25) is 5.02 Å². The molecule has 0 radical (unpaired) electrons. The van der Waals surface area contributed by atoms with Crippen LogP contribution in [0.25, 0.3) is 0 Å². The summed E-state index contributed by atoms with van der Waals surface area (Å²) in [5, 5.41) is 3.86. The van der Waals surface area contributed by atoms with Crippen LogP contribution in [-0.4, -0.2) is 43.7 Å². The number of guanidine groups is 1. The van der Waals surface area contributed by atoms with E-state index < -0.39 is 0 Å². The monoisotopic (exact) mass is 358 g/mol. The van der Waals surface area contributed by atoms with Gasteiger partial charge in [-0.15, -0.1) is 0 Å². The van der Waals surface area contributed by atoms with Crippen LogP contribution in [0.4, 0.5) is 5.69 Å². The van der Waals surface area contributed by atoms with Gasteiger partial charge in [0, 0.05) is 23.8 Å². The van der Waals surface area contributed by atoms with Crippen molar-refractivity contribution in [1.29, 1.82) is 0 Å². The summed E-state index contributed by atoms with van der Waals surface area (Å²) >= 11 is 6.03. The Balaban J connectivity index is 1.72. The molecule has 3 rings (SSSR count). The highest BCUT2D eigenvalue weighted by atomic mass is 35.5. The van der Waals surface area contributed by atoms with E-state index in [0.29, 0.717) is 12.5 Å². The summed E-state index contributed by atoms with van der Waals surface area (Å²) in [4.78, 5) is 6.94. The summed E-state index contributed by atoms with van der Waals surface area (Å²) < 4.78 is 5.47. The van der Waals surface area contributed by atoms with Crippen LogP contribution in [0.15, 0.2) is 59.6 Å². The van der Waals surface area contributed by atoms with Gasteiger partial charge < -0.3 is 15.8 Å². The number of nitrogens with one attached hydrogen (secondary N) is 1. The topological polar surface area (TPSA) is 62.9 Å². The normalized spacial score (nSPS) is 17.2. The molecule has 1 aliphatic heterocycles. The Morgan fingerprint density at radius 3 is 2.48 bits per heavy atom. The first-order valence-corrected chi connectivity index (χ1v) is 8.79. The van der Waals surface area contributed by atoms with Crippen molar-refractivity contribution in [3.05, 3.63) is 65.2 Å². The summed E-state index contributed by atoms with van der Waals surface area (Å²) in [6.07, 6.45) is 0. The maximum atomic E-state index is 6.06. The Hall–Kier alpha value is -2.08. The molecule has 1 aliphatic rings. The molecule has 1 atom stereocenters. The second-order valence-electron chi connectivity index (χ2n) is 5.93. The largest absolute Gasteiger partial charge is 0.379 e. The van der Waals surface area contributed by atoms with Gasteiger partial charge in [-0.25, -0.2) is 0 Å². The van der Waals surface area contributed by atoms with Gasteiger partial charge in [-0.2, -0.15) is 0 Å². The number of hydrogen-bond donors (Lipinski definition) is 2. The number of morpholine rings is 1. The van der Waals surface area contributed by atoms with E-state index in [1.807, 2.05) is 42.5 Å². The van der Waals surface area contributed by atoms with Gasteiger partial charge in [-0.05, 0) is 29.8 Å². The molecular formula is C19H23ClN4O. The van der Waals surface area contributed by atoms with Crippen LogP contribution in [0.1, 0.15) is 11.6 Å². The van der Waals surface area contributed by atoms with Gasteiger partial charge in [-0.3, -0.25) is 9.89 Å². The minimum atomic E-state index is 0.150. The Morgan fingerprint density at radius 2 is 1.80 bits per heavy atom. The van der Waals surface area contributed by atoms with Gasteiger partial charge >= 0.3 is 0 Å².